The van der Waals surface area contributed by atoms with Gasteiger partial charge in [-0.2, -0.15) is 0 Å². The Balaban J connectivity index is 1.81. The van der Waals surface area contributed by atoms with Crippen LogP contribution in [0.1, 0.15) is 10.4 Å². The van der Waals surface area contributed by atoms with Crippen LogP contribution in [-0.2, 0) is 0 Å². The number of nitro benzene ring substituents is 1. The van der Waals surface area contributed by atoms with Crippen molar-refractivity contribution in [3.63, 3.8) is 0 Å². The smallest absolute Gasteiger partial charge is 0.284 e. The Labute approximate surface area is 157 Å². The monoisotopic (exact) mass is 439 g/mol. The second-order valence-electron chi connectivity index (χ2n) is 5.04. The molecule has 0 saturated carbocycles. The van der Waals surface area contributed by atoms with Crippen molar-refractivity contribution >= 4 is 44.0 Å². The first-order chi connectivity index (χ1) is 12.3. The lowest BCUT2D eigenvalue weighted by Gasteiger charge is -2.03. The number of benzene rings is 2. The predicted octanol–water partition coefficient (Wildman–Crippen LogP) is 5.01. The fourth-order valence-electron chi connectivity index (χ4n) is 2.08. The number of amides is 1. The summed E-state index contributed by atoms with van der Waals surface area (Å²) in [6.07, 6.45) is 0. The molecule has 0 aliphatic rings. The van der Waals surface area contributed by atoms with Crippen molar-refractivity contribution < 1.29 is 18.5 Å². The molecule has 0 unspecified atom stereocenters. The van der Waals surface area contributed by atoms with E-state index in [9.17, 15) is 23.7 Å². The average molecular weight is 440 g/mol. The third kappa shape index (κ3) is 3.75. The molecule has 0 atom stereocenters. The van der Waals surface area contributed by atoms with Crippen LogP contribution in [0.25, 0.3) is 11.3 Å². The number of anilines is 1. The largest absolute Gasteiger partial charge is 0.298 e. The van der Waals surface area contributed by atoms with Gasteiger partial charge >= 0.3 is 0 Å². The van der Waals surface area contributed by atoms with E-state index in [1.165, 1.54) is 18.2 Å². The molecule has 0 saturated heterocycles. The number of rotatable bonds is 4. The number of carbonyl (C=O) groups is 1. The van der Waals surface area contributed by atoms with Crippen LogP contribution in [0.3, 0.4) is 0 Å². The predicted molar refractivity (Wildman–Crippen MR) is 96.2 cm³/mol. The lowest BCUT2D eigenvalue weighted by atomic mass is 10.2. The molecule has 0 radical (unpaired) electrons. The highest BCUT2D eigenvalue weighted by molar-refractivity contribution is 9.10. The van der Waals surface area contributed by atoms with Gasteiger partial charge in [0.15, 0.2) is 16.8 Å². The quantitative estimate of drug-likeness (QED) is 0.457. The maximum absolute atomic E-state index is 13.3. The molecule has 132 valence electrons. The van der Waals surface area contributed by atoms with Crippen LogP contribution >= 0.6 is 27.3 Å². The van der Waals surface area contributed by atoms with Crippen LogP contribution in [-0.4, -0.2) is 15.8 Å². The molecule has 10 heteroatoms. The standard InChI is InChI=1S/C16H8BrF2N3O3S/c17-10-3-1-9(6-14(10)22(24)25)15(23)21-16-20-13(7-26-16)8-2-4-11(18)12(19)5-8/h1-7H,(H,20,21,23). The molecule has 3 rings (SSSR count). The highest BCUT2D eigenvalue weighted by Crippen LogP contribution is 2.28. The van der Waals surface area contributed by atoms with Crippen molar-refractivity contribution in [2.24, 2.45) is 0 Å². The minimum absolute atomic E-state index is 0.0875. The third-order valence-electron chi connectivity index (χ3n) is 3.35. The minimum atomic E-state index is -0.997. The Morgan fingerprint density at radius 1 is 1.19 bits per heavy atom. The normalized spacial score (nSPS) is 10.6. The van der Waals surface area contributed by atoms with Crippen molar-refractivity contribution in [1.29, 1.82) is 0 Å². The summed E-state index contributed by atoms with van der Waals surface area (Å²) >= 11 is 4.13. The van der Waals surface area contributed by atoms with Crippen molar-refractivity contribution in [2.45, 2.75) is 0 Å². The molecule has 0 aliphatic heterocycles. The second kappa shape index (κ2) is 7.26. The van der Waals surface area contributed by atoms with Crippen LogP contribution in [0, 0.1) is 21.7 Å². The van der Waals surface area contributed by atoms with E-state index < -0.39 is 22.5 Å². The summed E-state index contributed by atoms with van der Waals surface area (Å²) < 4.78 is 26.6. The fourth-order valence-corrected chi connectivity index (χ4v) is 3.19. The summed E-state index contributed by atoms with van der Waals surface area (Å²) in [5.41, 5.74) is 0.578. The van der Waals surface area contributed by atoms with Gasteiger partial charge in [0.1, 0.15) is 0 Å². The number of aromatic nitrogens is 1. The molecule has 3 aromatic rings. The van der Waals surface area contributed by atoms with Gasteiger partial charge in [-0.1, -0.05) is 0 Å². The fraction of sp³-hybridized carbons (Fsp3) is 0. The van der Waals surface area contributed by atoms with Gasteiger partial charge in [0.05, 0.1) is 15.1 Å². The average Bonchev–Trinajstić information content (AvgIpc) is 3.05. The van der Waals surface area contributed by atoms with E-state index in [4.69, 9.17) is 0 Å². The van der Waals surface area contributed by atoms with E-state index in [1.807, 2.05) is 0 Å². The van der Waals surface area contributed by atoms with Crippen molar-refractivity contribution in [1.82, 2.24) is 4.98 Å². The highest BCUT2D eigenvalue weighted by Gasteiger charge is 2.17. The van der Waals surface area contributed by atoms with Crippen molar-refractivity contribution in [3.8, 4) is 11.3 Å². The Morgan fingerprint density at radius 2 is 1.96 bits per heavy atom. The van der Waals surface area contributed by atoms with Gasteiger partial charge in [0.25, 0.3) is 11.6 Å². The van der Waals surface area contributed by atoms with Gasteiger partial charge in [0.2, 0.25) is 0 Å². The number of hydrogen-bond donors (Lipinski definition) is 1. The number of nitro groups is 1. The highest BCUT2D eigenvalue weighted by atomic mass is 79.9. The van der Waals surface area contributed by atoms with Gasteiger partial charge in [-0.3, -0.25) is 20.2 Å². The molecule has 1 amide bonds. The number of halogens is 3. The summed E-state index contributed by atoms with van der Waals surface area (Å²) in [4.78, 5) is 26.7. The van der Waals surface area contributed by atoms with Gasteiger partial charge in [-0.05, 0) is 46.3 Å². The SMILES string of the molecule is O=C(Nc1nc(-c2ccc(F)c(F)c2)cs1)c1ccc(Br)c([N+](=O)[O-])c1. The molecular weight excluding hydrogens is 432 g/mol. The molecular formula is C16H8BrF2N3O3S. The first-order valence-corrected chi connectivity index (χ1v) is 8.68. The van der Waals surface area contributed by atoms with Crippen LogP contribution < -0.4 is 5.32 Å². The van der Waals surface area contributed by atoms with E-state index >= 15 is 0 Å². The lowest BCUT2D eigenvalue weighted by Crippen LogP contribution is -2.12. The molecule has 1 heterocycles. The summed E-state index contributed by atoms with van der Waals surface area (Å²) in [5.74, 6) is -2.54. The first kappa shape index (κ1) is 18.1. The van der Waals surface area contributed by atoms with Crippen LogP contribution in [0.2, 0.25) is 0 Å². The van der Waals surface area contributed by atoms with E-state index in [0.29, 0.717) is 11.3 Å². The van der Waals surface area contributed by atoms with Gasteiger partial charge in [-0.15, -0.1) is 11.3 Å². The van der Waals surface area contributed by atoms with E-state index in [-0.39, 0.29) is 20.9 Å². The van der Waals surface area contributed by atoms with Crippen LogP contribution in [0.15, 0.2) is 46.3 Å². The van der Waals surface area contributed by atoms with Crippen molar-refractivity contribution in [3.05, 3.63) is 73.6 Å². The maximum atomic E-state index is 13.3. The number of hydrogen-bond acceptors (Lipinski definition) is 5. The van der Waals surface area contributed by atoms with Crippen molar-refractivity contribution in [2.75, 3.05) is 5.32 Å². The molecule has 1 aromatic heterocycles. The Morgan fingerprint density at radius 3 is 2.65 bits per heavy atom. The Bertz CT molecular complexity index is 1030. The Kier molecular flexibility index (Phi) is 5.05. The molecule has 6 nitrogen and oxygen atoms in total. The molecule has 1 N–H and O–H groups in total. The minimum Gasteiger partial charge on any atom is -0.298 e. The zero-order chi connectivity index (χ0) is 18.8. The maximum Gasteiger partial charge on any atom is 0.284 e. The van der Waals surface area contributed by atoms with Gasteiger partial charge in [0, 0.05) is 22.6 Å². The summed E-state index contributed by atoms with van der Waals surface area (Å²) in [7, 11) is 0. The molecule has 2 aromatic carbocycles. The molecule has 0 bridgehead atoms. The second-order valence-corrected chi connectivity index (χ2v) is 6.76. The van der Waals surface area contributed by atoms with Crippen LogP contribution in [0.4, 0.5) is 19.6 Å². The third-order valence-corrected chi connectivity index (χ3v) is 4.77. The number of nitrogens with zero attached hydrogens (tertiary/aromatic N) is 2. The molecule has 0 aliphatic carbocycles. The van der Waals surface area contributed by atoms with E-state index in [1.54, 1.807) is 5.38 Å². The lowest BCUT2D eigenvalue weighted by molar-refractivity contribution is -0.385. The Hall–Kier alpha value is -2.72. The summed E-state index contributed by atoms with van der Waals surface area (Å²) in [5, 5.41) is 15.3. The van der Waals surface area contributed by atoms with Gasteiger partial charge in [-0.25, -0.2) is 13.8 Å². The summed E-state index contributed by atoms with van der Waals surface area (Å²) in [6, 6.07) is 7.34. The molecule has 0 fully saturated rings. The topological polar surface area (TPSA) is 85.1 Å². The molecule has 0 spiro atoms. The number of thiazole rings is 1. The summed E-state index contributed by atoms with van der Waals surface area (Å²) in [6.45, 7) is 0. The number of carbonyl (C=O) groups excluding carboxylic acids is 1. The van der Waals surface area contributed by atoms with Crippen LogP contribution in [0.5, 0.6) is 0 Å². The number of nitrogens with one attached hydrogen (secondary N) is 1. The first-order valence-electron chi connectivity index (χ1n) is 7.01. The zero-order valence-electron chi connectivity index (χ0n) is 12.7. The van der Waals surface area contributed by atoms with E-state index in [2.05, 4.69) is 26.2 Å². The molecule has 26 heavy (non-hydrogen) atoms. The van der Waals surface area contributed by atoms with Gasteiger partial charge < -0.3 is 0 Å². The van der Waals surface area contributed by atoms with E-state index in [0.717, 1.165) is 29.5 Å². The zero-order valence-corrected chi connectivity index (χ0v) is 15.1.